The van der Waals surface area contributed by atoms with Crippen molar-refractivity contribution in [3.8, 4) is 0 Å². The van der Waals surface area contributed by atoms with Crippen molar-refractivity contribution >= 4 is 33.9 Å². The molecule has 19 heavy (non-hydrogen) atoms. The van der Waals surface area contributed by atoms with E-state index in [0.717, 1.165) is 5.56 Å². The fourth-order valence-corrected chi connectivity index (χ4v) is 3.41. The molecule has 0 spiro atoms. The van der Waals surface area contributed by atoms with E-state index in [0.29, 0.717) is 4.34 Å². The zero-order valence-electron chi connectivity index (χ0n) is 10.3. The molecule has 0 aliphatic heterocycles. The first-order chi connectivity index (χ1) is 9.16. The molecule has 0 saturated carbocycles. The number of fused-ring (bicyclic) bond motifs is 1. The summed E-state index contributed by atoms with van der Waals surface area (Å²) in [6, 6.07) is 15.8. The molecule has 0 saturated heterocycles. The van der Waals surface area contributed by atoms with Gasteiger partial charge in [-0.3, -0.25) is 8.75 Å². The van der Waals surface area contributed by atoms with E-state index in [1.54, 1.807) is 3.96 Å². The minimum Gasteiger partial charge on any atom is -0.268 e. The topological polar surface area (TPSA) is 22.0 Å². The third-order valence-electron chi connectivity index (χ3n) is 3.26. The predicted octanol–water partition coefficient (Wildman–Crippen LogP) is 4.33. The van der Waals surface area contributed by atoms with E-state index in [1.165, 1.54) is 28.4 Å². The second-order valence-corrected chi connectivity index (χ2v) is 6.10. The molecular weight excluding hydrogens is 278 g/mol. The third kappa shape index (κ3) is 2.20. The van der Waals surface area contributed by atoms with Crippen molar-refractivity contribution in [1.29, 1.82) is 0 Å². The van der Waals surface area contributed by atoms with Gasteiger partial charge in [-0.05, 0) is 34.8 Å². The molecule has 0 fully saturated rings. The predicted molar refractivity (Wildman–Crippen MR) is 81.4 cm³/mol. The summed E-state index contributed by atoms with van der Waals surface area (Å²) >= 11 is 7.21. The van der Waals surface area contributed by atoms with E-state index in [-0.39, 0.29) is 11.6 Å². The summed E-state index contributed by atoms with van der Waals surface area (Å²) in [6.45, 7) is 2.02. The van der Waals surface area contributed by atoms with Crippen LogP contribution in [0.5, 0.6) is 0 Å². The van der Waals surface area contributed by atoms with Crippen molar-refractivity contribution < 1.29 is 0 Å². The van der Waals surface area contributed by atoms with Crippen LogP contribution in [0.3, 0.4) is 0 Å². The van der Waals surface area contributed by atoms with Crippen molar-refractivity contribution in [3.63, 3.8) is 0 Å². The molecule has 0 amide bonds. The van der Waals surface area contributed by atoms with Gasteiger partial charge in [-0.25, -0.2) is 0 Å². The van der Waals surface area contributed by atoms with Crippen LogP contribution in [0.15, 0.2) is 53.3 Å². The fourth-order valence-electron chi connectivity index (χ4n) is 2.34. The number of hydrogen-bond donors (Lipinski definition) is 0. The number of benzene rings is 2. The van der Waals surface area contributed by atoms with Crippen molar-refractivity contribution in [2.24, 2.45) is 0 Å². The highest BCUT2D eigenvalue weighted by Crippen LogP contribution is 2.28. The fraction of sp³-hybridized carbons (Fsp3) is 0.133. The molecular formula is C15H12ClNOS. The Bertz CT molecular complexity index is 785. The Morgan fingerprint density at radius 2 is 1.89 bits per heavy atom. The molecule has 0 radical (unpaired) electrons. The maximum absolute atomic E-state index is 11.9. The Morgan fingerprint density at radius 1 is 1.16 bits per heavy atom. The minimum atomic E-state index is -0.0459. The van der Waals surface area contributed by atoms with Gasteiger partial charge in [0.25, 0.3) is 5.56 Å². The molecule has 1 atom stereocenters. The summed E-state index contributed by atoms with van der Waals surface area (Å²) in [5, 5.41) is 2.36. The molecule has 96 valence electrons. The lowest BCUT2D eigenvalue weighted by molar-refractivity contribution is 0.680. The molecule has 0 aliphatic carbocycles. The van der Waals surface area contributed by atoms with E-state index in [4.69, 9.17) is 11.6 Å². The summed E-state index contributed by atoms with van der Waals surface area (Å²) in [6.07, 6.45) is 0. The molecule has 4 heteroatoms. The highest BCUT2D eigenvalue weighted by Gasteiger charge is 2.14. The second kappa shape index (κ2) is 4.83. The smallest absolute Gasteiger partial charge is 0.262 e. The van der Waals surface area contributed by atoms with Crippen LogP contribution in [-0.2, 0) is 0 Å². The Balaban J connectivity index is 2.19. The van der Waals surface area contributed by atoms with Gasteiger partial charge in [-0.2, -0.15) is 0 Å². The summed E-state index contributed by atoms with van der Waals surface area (Å²) in [4.78, 5) is 11.9. The lowest BCUT2D eigenvalue weighted by Gasteiger charge is -2.14. The number of rotatable bonds is 2. The maximum Gasteiger partial charge on any atom is 0.262 e. The van der Waals surface area contributed by atoms with Gasteiger partial charge in [-0.1, -0.05) is 54.1 Å². The number of nitrogens with zero attached hydrogens (tertiary/aromatic N) is 1. The van der Waals surface area contributed by atoms with E-state index in [9.17, 15) is 4.79 Å². The van der Waals surface area contributed by atoms with Crippen molar-refractivity contribution in [2.45, 2.75) is 13.0 Å². The van der Waals surface area contributed by atoms with E-state index in [2.05, 4.69) is 24.3 Å². The van der Waals surface area contributed by atoms with Gasteiger partial charge >= 0.3 is 0 Å². The van der Waals surface area contributed by atoms with Crippen molar-refractivity contribution in [1.82, 2.24) is 3.96 Å². The van der Waals surface area contributed by atoms with Crippen molar-refractivity contribution in [2.75, 3.05) is 0 Å². The standard InChI is InChI=1S/C15H12ClNOS/c1-10(17-15(18)9-14(16)19-17)12-8-4-6-11-5-2-3-7-13(11)12/h2-10H,1H3. The van der Waals surface area contributed by atoms with Crippen LogP contribution in [0.2, 0.25) is 4.34 Å². The van der Waals surface area contributed by atoms with Gasteiger partial charge in [0, 0.05) is 6.07 Å². The Morgan fingerprint density at radius 3 is 2.63 bits per heavy atom. The highest BCUT2D eigenvalue weighted by atomic mass is 35.5. The largest absolute Gasteiger partial charge is 0.268 e. The Kier molecular flexibility index (Phi) is 3.17. The molecule has 1 heterocycles. The molecule has 1 aromatic heterocycles. The SMILES string of the molecule is CC(c1cccc2ccccc12)n1sc(Cl)cc1=O. The minimum absolute atomic E-state index is 0.0175. The van der Waals surface area contributed by atoms with Crippen LogP contribution in [0, 0.1) is 0 Å². The zero-order valence-corrected chi connectivity index (χ0v) is 11.9. The van der Waals surface area contributed by atoms with Crippen LogP contribution in [0.4, 0.5) is 0 Å². The van der Waals surface area contributed by atoms with Gasteiger partial charge in [0.15, 0.2) is 0 Å². The lowest BCUT2D eigenvalue weighted by Crippen LogP contribution is -2.17. The van der Waals surface area contributed by atoms with E-state index >= 15 is 0 Å². The number of aromatic nitrogens is 1. The van der Waals surface area contributed by atoms with Crippen molar-refractivity contribution in [3.05, 3.63) is 68.8 Å². The van der Waals surface area contributed by atoms with Gasteiger partial charge in [0.1, 0.15) is 4.34 Å². The highest BCUT2D eigenvalue weighted by molar-refractivity contribution is 7.11. The summed E-state index contributed by atoms with van der Waals surface area (Å²) in [5.74, 6) is 0. The molecule has 3 aromatic rings. The van der Waals surface area contributed by atoms with Gasteiger partial charge < -0.3 is 0 Å². The summed E-state index contributed by atoms with van der Waals surface area (Å²) in [5.41, 5.74) is 1.09. The first-order valence-electron chi connectivity index (χ1n) is 6.03. The molecule has 2 aromatic carbocycles. The number of hydrogen-bond acceptors (Lipinski definition) is 2. The van der Waals surface area contributed by atoms with Crippen LogP contribution in [0.25, 0.3) is 10.8 Å². The van der Waals surface area contributed by atoms with Gasteiger partial charge in [0.05, 0.1) is 6.04 Å². The number of halogens is 1. The maximum atomic E-state index is 11.9. The molecule has 0 N–H and O–H groups in total. The van der Waals surface area contributed by atoms with Crippen LogP contribution in [0.1, 0.15) is 18.5 Å². The summed E-state index contributed by atoms with van der Waals surface area (Å²) < 4.78 is 2.24. The normalized spacial score (nSPS) is 12.7. The quantitative estimate of drug-likeness (QED) is 0.688. The molecule has 3 rings (SSSR count). The lowest BCUT2D eigenvalue weighted by atomic mass is 10.00. The summed E-state index contributed by atoms with van der Waals surface area (Å²) in [7, 11) is 0. The molecule has 2 nitrogen and oxygen atoms in total. The zero-order chi connectivity index (χ0) is 13.4. The third-order valence-corrected chi connectivity index (χ3v) is 4.57. The molecule has 1 unspecified atom stereocenters. The Hall–Kier alpha value is -1.58. The monoisotopic (exact) mass is 289 g/mol. The van der Waals surface area contributed by atoms with Crippen LogP contribution >= 0.6 is 23.1 Å². The first-order valence-corrected chi connectivity index (χ1v) is 7.18. The average molecular weight is 290 g/mol. The second-order valence-electron chi connectivity index (χ2n) is 4.45. The van der Waals surface area contributed by atoms with Gasteiger partial charge in [-0.15, -0.1) is 0 Å². The average Bonchev–Trinajstić information content (AvgIpc) is 2.76. The van der Waals surface area contributed by atoms with E-state index in [1.807, 2.05) is 25.1 Å². The Labute approximate surface area is 120 Å². The van der Waals surface area contributed by atoms with Crippen LogP contribution in [-0.4, -0.2) is 3.96 Å². The molecule has 0 aliphatic rings. The van der Waals surface area contributed by atoms with Gasteiger partial charge in [0.2, 0.25) is 0 Å². The van der Waals surface area contributed by atoms with E-state index < -0.39 is 0 Å². The van der Waals surface area contributed by atoms with Crippen LogP contribution < -0.4 is 5.56 Å². The molecule has 0 bridgehead atoms. The first kappa shape index (κ1) is 12.5.